The third-order valence-corrected chi connectivity index (χ3v) is 2.48. The van der Waals surface area contributed by atoms with Gasteiger partial charge in [-0.05, 0) is 12.6 Å². The maximum Gasteiger partial charge on any atom is 0.271 e. The van der Waals surface area contributed by atoms with Crippen LogP contribution in [0.15, 0.2) is 12.1 Å². The molecule has 7 nitrogen and oxygen atoms in total. The zero-order valence-corrected chi connectivity index (χ0v) is 9.24. The summed E-state index contributed by atoms with van der Waals surface area (Å²) < 4.78 is 0. The lowest BCUT2D eigenvalue weighted by Crippen LogP contribution is -2.28. The van der Waals surface area contributed by atoms with Gasteiger partial charge < -0.3 is 16.0 Å². The summed E-state index contributed by atoms with van der Waals surface area (Å²) in [5.74, 6) is -0.201. The van der Waals surface area contributed by atoms with E-state index >= 15 is 0 Å². The zero-order valence-electron chi connectivity index (χ0n) is 9.24. The van der Waals surface area contributed by atoms with Crippen LogP contribution >= 0.6 is 0 Å². The third-order valence-electron chi connectivity index (χ3n) is 2.48. The zero-order chi connectivity index (χ0) is 12.4. The summed E-state index contributed by atoms with van der Waals surface area (Å²) in [5.41, 5.74) is 1.93. The number of nitro benzene ring substituents is 1. The molecule has 7 heteroatoms. The van der Waals surface area contributed by atoms with Gasteiger partial charge in [-0.1, -0.05) is 0 Å². The molecule has 1 amide bonds. The van der Waals surface area contributed by atoms with Gasteiger partial charge in [0.1, 0.15) is 0 Å². The van der Waals surface area contributed by atoms with Gasteiger partial charge in [0.25, 0.3) is 5.69 Å². The van der Waals surface area contributed by atoms with Crippen LogP contribution in [0.25, 0.3) is 0 Å². The summed E-state index contributed by atoms with van der Waals surface area (Å²) in [6.07, 6.45) is 0. The molecule has 0 radical (unpaired) electrons. The van der Waals surface area contributed by atoms with Crippen LogP contribution in [-0.4, -0.2) is 24.4 Å². The van der Waals surface area contributed by atoms with Gasteiger partial charge in [-0.15, -0.1) is 0 Å². The Balaban J connectivity index is 2.50. The highest BCUT2D eigenvalue weighted by atomic mass is 16.6. The third kappa shape index (κ3) is 2.18. The maximum atomic E-state index is 11.2. The first-order valence-corrected chi connectivity index (χ1v) is 5.11. The van der Waals surface area contributed by atoms with Crippen molar-refractivity contribution in [2.24, 2.45) is 0 Å². The number of rotatable bonds is 3. The molecule has 0 saturated heterocycles. The van der Waals surface area contributed by atoms with Gasteiger partial charge >= 0.3 is 0 Å². The topological polar surface area (TPSA) is 96.3 Å². The normalized spacial score (nSPS) is 13.6. The number of carbonyl (C=O) groups is 1. The van der Waals surface area contributed by atoms with Crippen molar-refractivity contribution >= 4 is 23.0 Å². The molecule has 0 aromatic heterocycles. The van der Waals surface area contributed by atoms with Crippen LogP contribution in [0.4, 0.5) is 17.1 Å². The minimum absolute atomic E-state index is 0.0296. The van der Waals surface area contributed by atoms with Crippen LogP contribution in [0.3, 0.4) is 0 Å². The Bertz CT molecular complexity index is 487. The van der Waals surface area contributed by atoms with E-state index < -0.39 is 4.92 Å². The first-order chi connectivity index (χ1) is 8.11. The Kier molecular flexibility index (Phi) is 2.92. The molecule has 1 aromatic carbocycles. The molecule has 0 fully saturated rings. The summed E-state index contributed by atoms with van der Waals surface area (Å²) in [5, 5.41) is 19.3. The average molecular weight is 236 g/mol. The largest absolute Gasteiger partial charge is 0.374 e. The van der Waals surface area contributed by atoms with E-state index in [4.69, 9.17) is 0 Å². The van der Waals surface area contributed by atoms with E-state index in [-0.39, 0.29) is 18.1 Å². The molecule has 1 aliphatic heterocycles. The van der Waals surface area contributed by atoms with Crippen molar-refractivity contribution in [1.82, 2.24) is 5.32 Å². The number of hydrogen-bond acceptors (Lipinski definition) is 5. The van der Waals surface area contributed by atoms with Gasteiger partial charge in [0.05, 0.1) is 22.8 Å². The fraction of sp³-hybridized carbons (Fsp3) is 0.300. The van der Waals surface area contributed by atoms with Crippen molar-refractivity contribution in [3.05, 3.63) is 27.8 Å². The second-order valence-corrected chi connectivity index (χ2v) is 3.72. The number of hydrogen-bond donors (Lipinski definition) is 3. The number of amides is 1. The molecule has 90 valence electrons. The summed E-state index contributed by atoms with van der Waals surface area (Å²) in [6.45, 7) is 0.675. The molecule has 3 N–H and O–H groups in total. The Morgan fingerprint density at radius 1 is 1.53 bits per heavy atom. The average Bonchev–Trinajstić information content (AvgIpc) is 2.28. The van der Waals surface area contributed by atoms with E-state index in [1.165, 1.54) is 12.1 Å². The molecule has 0 bridgehead atoms. The fourth-order valence-corrected chi connectivity index (χ4v) is 1.79. The van der Waals surface area contributed by atoms with Crippen LogP contribution in [0.5, 0.6) is 0 Å². The van der Waals surface area contributed by atoms with Crippen LogP contribution in [0.2, 0.25) is 0 Å². The molecule has 0 atom stereocenters. The van der Waals surface area contributed by atoms with Gasteiger partial charge in [-0.3, -0.25) is 14.9 Å². The molecule has 2 rings (SSSR count). The van der Waals surface area contributed by atoms with Crippen LogP contribution in [-0.2, 0) is 11.3 Å². The summed E-state index contributed by atoms with van der Waals surface area (Å²) in [4.78, 5) is 21.5. The van der Waals surface area contributed by atoms with Crippen molar-refractivity contribution < 1.29 is 9.72 Å². The molecular formula is C10H12N4O3. The van der Waals surface area contributed by atoms with Gasteiger partial charge in [0, 0.05) is 18.7 Å². The van der Waals surface area contributed by atoms with Crippen LogP contribution < -0.4 is 16.0 Å². The fourth-order valence-electron chi connectivity index (χ4n) is 1.79. The van der Waals surface area contributed by atoms with Crippen LogP contribution in [0.1, 0.15) is 5.56 Å². The minimum atomic E-state index is -0.472. The lowest BCUT2D eigenvalue weighted by atomic mass is 10.1. The maximum absolute atomic E-state index is 11.2. The molecule has 0 aliphatic carbocycles. The highest BCUT2D eigenvalue weighted by Crippen LogP contribution is 2.33. The van der Waals surface area contributed by atoms with Gasteiger partial charge in [-0.25, -0.2) is 0 Å². The standard InChI is InChI=1S/C10H12N4O3/c1-11-4-6-2-7(14(16)17)3-8-10(6)12-5-9(15)13-8/h2-3,11-12H,4-5H2,1H3,(H,13,15). The van der Waals surface area contributed by atoms with E-state index in [0.29, 0.717) is 12.2 Å². The SMILES string of the molecule is CNCc1cc([N+](=O)[O-])cc2c1NCC(=O)N2. The Hall–Kier alpha value is -2.15. The number of anilines is 2. The van der Waals surface area contributed by atoms with Gasteiger partial charge in [0.2, 0.25) is 5.91 Å². The van der Waals surface area contributed by atoms with Crippen LogP contribution in [0, 0.1) is 10.1 Å². The molecule has 1 heterocycles. The smallest absolute Gasteiger partial charge is 0.271 e. The first kappa shape index (κ1) is 11.3. The summed E-state index contributed by atoms with van der Waals surface area (Å²) in [7, 11) is 1.76. The highest BCUT2D eigenvalue weighted by Gasteiger charge is 2.21. The quantitative estimate of drug-likeness (QED) is 0.529. The second-order valence-electron chi connectivity index (χ2n) is 3.72. The summed E-state index contributed by atoms with van der Waals surface area (Å²) >= 11 is 0. The Labute approximate surface area is 97.3 Å². The Morgan fingerprint density at radius 2 is 2.29 bits per heavy atom. The van der Waals surface area contributed by atoms with E-state index in [1.807, 2.05) is 0 Å². The van der Waals surface area contributed by atoms with E-state index in [1.54, 1.807) is 7.05 Å². The lowest BCUT2D eigenvalue weighted by Gasteiger charge is -2.21. The number of nitrogens with one attached hydrogen (secondary N) is 3. The number of nitro groups is 1. The molecule has 1 aliphatic rings. The summed E-state index contributed by atoms with van der Waals surface area (Å²) in [6, 6.07) is 2.86. The van der Waals surface area contributed by atoms with E-state index in [9.17, 15) is 14.9 Å². The number of benzene rings is 1. The molecule has 0 unspecified atom stereocenters. The monoisotopic (exact) mass is 236 g/mol. The van der Waals surface area contributed by atoms with Crippen molar-refractivity contribution in [1.29, 1.82) is 0 Å². The van der Waals surface area contributed by atoms with Gasteiger partial charge in [-0.2, -0.15) is 0 Å². The van der Waals surface area contributed by atoms with E-state index in [0.717, 1.165) is 11.3 Å². The molecule has 0 saturated carbocycles. The number of fused-ring (bicyclic) bond motifs is 1. The van der Waals surface area contributed by atoms with E-state index in [2.05, 4.69) is 16.0 Å². The lowest BCUT2D eigenvalue weighted by molar-refractivity contribution is -0.384. The van der Waals surface area contributed by atoms with Crippen molar-refractivity contribution in [3.8, 4) is 0 Å². The van der Waals surface area contributed by atoms with Gasteiger partial charge in [0.15, 0.2) is 0 Å². The first-order valence-electron chi connectivity index (χ1n) is 5.11. The highest BCUT2D eigenvalue weighted by molar-refractivity contribution is 6.01. The molecule has 0 spiro atoms. The Morgan fingerprint density at radius 3 is 2.94 bits per heavy atom. The van der Waals surface area contributed by atoms with Crippen molar-refractivity contribution in [2.45, 2.75) is 6.54 Å². The molecular weight excluding hydrogens is 224 g/mol. The molecule has 17 heavy (non-hydrogen) atoms. The number of carbonyl (C=O) groups excluding carboxylic acids is 1. The predicted molar refractivity (Wildman–Crippen MR) is 63.0 cm³/mol. The second kappa shape index (κ2) is 4.38. The van der Waals surface area contributed by atoms with Crippen molar-refractivity contribution in [3.63, 3.8) is 0 Å². The predicted octanol–water partition coefficient (Wildman–Crippen LogP) is 0.678. The van der Waals surface area contributed by atoms with Crippen molar-refractivity contribution in [2.75, 3.05) is 24.2 Å². The minimum Gasteiger partial charge on any atom is -0.374 e. The molecule has 1 aromatic rings. The number of nitrogens with zero attached hydrogens (tertiary/aromatic N) is 1. The number of non-ortho nitro benzene ring substituents is 1.